The lowest BCUT2D eigenvalue weighted by atomic mass is 10.0. The van der Waals surface area contributed by atoms with Crippen molar-refractivity contribution in [1.82, 2.24) is 15.0 Å². The summed E-state index contributed by atoms with van der Waals surface area (Å²) in [5.74, 6) is 0.0133. The maximum absolute atomic E-state index is 12.9. The normalized spacial score (nSPS) is 17.7. The quantitative estimate of drug-likeness (QED) is 0.691. The zero-order valence-electron chi connectivity index (χ0n) is 12.4. The number of aromatic nitrogens is 2. The van der Waals surface area contributed by atoms with Gasteiger partial charge in [0, 0.05) is 17.6 Å². The molecule has 0 spiro atoms. The van der Waals surface area contributed by atoms with Crippen LogP contribution >= 0.6 is 11.3 Å². The average molecular weight is 313 g/mol. The van der Waals surface area contributed by atoms with Gasteiger partial charge < -0.3 is 9.42 Å². The molecule has 4 heterocycles. The molecule has 0 fully saturated rings. The number of amides is 1. The monoisotopic (exact) mass is 313 g/mol. The number of pyridine rings is 1. The van der Waals surface area contributed by atoms with Gasteiger partial charge in [0.1, 0.15) is 0 Å². The van der Waals surface area contributed by atoms with E-state index in [0.29, 0.717) is 11.3 Å². The fraction of sp³-hybridized carbons (Fsp3) is 0.312. The van der Waals surface area contributed by atoms with Crippen molar-refractivity contribution < 1.29 is 9.32 Å². The molecule has 0 aliphatic carbocycles. The van der Waals surface area contributed by atoms with E-state index >= 15 is 0 Å². The van der Waals surface area contributed by atoms with Crippen LogP contribution in [0.25, 0.3) is 11.1 Å². The Morgan fingerprint density at radius 2 is 2.36 bits per heavy atom. The molecule has 0 N–H and O–H groups in total. The average Bonchev–Trinajstić information content (AvgIpc) is 3.14. The molecule has 1 aliphatic heterocycles. The summed E-state index contributed by atoms with van der Waals surface area (Å²) in [4.78, 5) is 20.4. The minimum atomic E-state index is 0.0133. The molecule has 22 heavy (non-hydrogen) atoms. The molecule has 1 aliphatic rings. The SMILES string of the molecule is Cc1noc2ncc(C(=O)N3CCc4sccc4[C@@H]3C)cc12. The van der Waals surface area contributed by atoms with Gasteiger partial charge in [-0.2, -0.15) is 0 Å². The Morgan fingerprint density at radius 1 is 1.50 bits per heavy atom. The van der Waals surface area contributed by atoms with Gasteiger partial charge in [-0.1, -0.05) is 5.16 Å². The molecule has 3 aromatic heterocycles. The molecule has 0 bridgehead atoms. The van der Waals surface area contributed by atoms with Crippen LogP contribution in [0.3, 0.4) is 0 Å². The predicted octanol–water partition coefficient (Wildman–Crippen LogP) is 3.35. The number of aryl methyl sites for hydroxylation is 1. The third-order valence-corrected chi connectivity index (χ3v) is 5.29. The van der Waals surface area contributed by atoms with Crippen molar-refractivity contribution >= 4 is 28.3 Å². The van der Waals surface area contributed by atoms with Crippen LogP contribution in [-0.2, 0) is 6.42 Å². The highest BCUT2D eigenvalue weighted by Gasteiger charge is 2.29. The fourth-order valence-corrected chi connectivity index (χ4v) is 3.98. The molecule has 0 saturated carbocycles. The molecule has 0 aromatic carbocycles. The van der Waals surface area contributed by atoms with Gasteiger partial charge in [-0.3, -0.25) is 4.79 Å². The molecule has 3 aromatic rings. The first kappa shape index (κ1) is 13.5. The standard InChI is InChI=1S/C16H15N3O2S/c1-9-13-7-11(8-17-15(13)21-18-9)16(20)19-5-3-14-12(10(19)2)4-6-22-14/h4,6-8,10H,3,5H2,1-2H3/t10-/m0/s1. The van der Waals surface area contributed by atoms with E-state index in [0.717, 1.165) is 24.0 Å². The highest BCUT2D eigenvalue weighted by Crippen LogP contribution is 2.33. The van der Waals surface area contributed by atoms with Crippen molar-refractivity contribution in [2.24, 2.45) is 0 Å². The number of hydrogen-bond donors (Lipinski definition) is 0. The molecule has 0 saturated heterocycles. The van der Waals surface area contributed by atoms with Gasteiger partial charge in [-0.15, -0.1) is 11.3 Å². The molecule has 1 atom stereocenters. The van der Waals surface area contributed by atoms with Crippen molar-refractivity contribution in [2.75, 3.05) is 6.54 Å². The summed E-state index contributed by atoms with van der Waals surface area (Å²) in [6.45, 7) is 4.68. The summed E-state index contributed by atoms with van der Waals surface area (Å²) < 4.78 is 5.10. The molecule has 6 heteroatoms. The van der Waals surface area contributed by atoms with Gasteiger partial charge in [-0.25, -0.2) is 4.98 Å². The number of carbonyl (C=O) groups excluding carboxylic acids is 1. The maximum Gasteiger partial charge on any atom is 0.257 e. The van der Waals surface area contributed by atoms with Crippen LogP contribution in [0.5, 0.6) is 0 Å². The van der Waals surface area contributed by atoms with Gasteiger partial charge in [0.05, 0.1) is 22.7 Å². The van der Waals surface area contributed by atoms with Crippen LogP contribution in [0.2, 0.25) is 0 Å². The smallest absolute Gasteiger partial charge is 0.257 e. The van der Waals surface area contributed by atoms with Gasteiger partial charge in [0.15, 0.2) is 0 Å². The largest absolute Gasteiger partial charge is 0.336 e. The Balaban J connectivity index is 1.70. The second-order valence-corrected chi connectivity index (χ2v) is 6.57. The summed E-state index contributed by atoms with van der Waals surface area (Å²) in [7, 11) is 0. The molecule has 4 rings (SSSR count). The Bertz CT molecular complexity index is 867. The van der Waals surface area contributed by atoms with E-state index < -0.39 is 0 Å². The van der Waals surface area contributed by atoms with Crippen LogP contribution in [0, 0.1) is 6.92 Å². The molecule has 112 valence electrons. The van der Waals surface area contributed by atoms with E-state index in [-0.39, 0.29) is 11.9 Å². The summed E-state index contributed by atoms with van der Waals surface area (Å²) in [5.41, 5.74) is 3.08. The first-order valence-corrected chi connectivity index (χ1v) is 8.12. The topological polar surface area (TPSA) is 59.2 Å². The predicted molar refractivity (Wildman–Crippen MR) is 84.0 cm³/mol. The lowest BCUT2D eigenvalue weighted by molar-refractivity contribution is 0.0679. The summed E-state index contributed by atoms with van der Waals surface area (Å²) in [5, 5.41) is 6.78. The Labute approximate surface area is 131 Å². The van der Waals surface area contributed by atoms with Gasteiger partial charge in [0.2, 0.25) is 0 Å². The maximum atomic E-state index is 12.9. The van der Waals surface area contributed by atoms with Crippen molar-refractivity contribution in [3.8, 4) is 0 Å². The van der Waals surface area contributed by atoms with Crippen molar-refractivity contribution in [3.63, 3.8) is 0 Å². The van der Waals surface area contributed by atoms with Gasteiger partial charge in [-0.05, 0) is 43.3 Å². The molecule has 5 nitrogen and oxygen atoms in total. The van der Waals surface area contributed by atoms with E-state index in [1.165, 1.54) is 10.4 Å². The van der Waals surface area contributed by atoms with E-state index in [1.54, 1.807) is 17.5 Å². The minimum absolute atomic E-state index is 0.0133. The number of thiophene rings is 1. The third kappa shape index (κ3) is 1.94. The summed E-state index contributed by atoms with van der Waals surface area (Å²) >= 11 is 1.77. The molecular weight excluding hydrogens is 298 g/mol. The van der Waals surface area contributed by atoms with Crippen molar-refractivity contribution in [2.45, 2.75) is 26.3 Å². The third-order valence-electron chi connectivity index (χ3n) is 4.30. The van der Waals surface area contributed by atoms with E-state index in [2.05, 4.69) is 28.5 Å². The van der Waals surface area contributed by atoms with Crippen LogP contribution < -0.4 is 0 Å². The minimum Gasteiger partial charge on any atom is -0.336 e. The molecular formula is C16H15N3O2S. The lowest BCUT2D eigenvalue weighted by Gasteiger charge is -2.33. The number of rotatable bonds is 1. The van der Waals surface area contributed by atoms with Gasteiger partial charge in [0.25, 0.3) is 11.6 Å². The second-order valence-electron chi connectivity index (χ2n) is 5.57. The Hall–Kier alpha value is -2.21. The highest BCUT2D eigenvalue weighted by atomic mass is 32.1. The molecule has 0 radical (unpaired) electrons. The lowest BCUT2D eigenvalue weighted by Crippen LogP contribution is -2.38. The zero-order valence-corrected chi connectivity index (χ0v) is 13.2. The number of hydrogen-bond acceptors (Lipinski definition) is 5. The first-order valence-electron chi connectivity index (χ1n) is 7.24. The first-order chi connectivity index (χ1) is 10.6. The fourth-order valence-electron chi connectivity index (χ4n) is 3.01. The van der Waals surface area contributed by atoms with Gasteiger partial charge >= 0.3 is 0 Å². The van der Waals surface area contributed by atoms with E-state index in [4.69, 9.17) is 4.52 Å². The number of nitrogens with zero attached hydrogens (tertiary/aromatic N) is 3. The Morgan fingerprint density at radius 3 is 3.23 bits per heavy atom. The summed E-state index contributed by atoms with van der Waals surface area (Å²) in [6, 6.07) is 4.05. The van der Waals surface area contributed by atoms with Crippen LogP contribution in [0.15, 0.2) is 28.2 Å². The van der Waals surface area contributed by atoms with E-state index in [9.17, 15) is 4.79 Å². The van der Waals surface area contributed by atoms with Crippen LogP contribution in [0.4, 0.5) is 0 Å². The van der Waals surface area contributed by atoms with Crippen molar-refractivity contribution in [3.05, 3.63) is 45.4 Å². The summed E-state index contributed by atoms with van der Waals surface area (Å²) in [6.07, 6.45) is 2.50. The van der Waals surface area contributed by atoms with Crippen LogP contribution in [-0.4, -0.2) is 27.5 Å². The zero-order chi connectivity index (χ0) is 15.3. The van der Waals surface area contributed by atoms with Crippen molar-refractivity contribution in [1.29, 1.82) is 0 Å². The Kier molecular flexibility index (Phi) is 3.00. The second kappa shape index (κ2) is 4.91. The highest BCUT2D eigenvalue weighted by molar-refractivity contribution is 7.10. The van der Waals surface area contributed by atoms with E-state index in [1.807, 2.05) is 17.9 Å². The number of fused-ring (bicyclic) bond motifs is 2. The number of carbonyl (C=O) groups is 1. The molecule has 1 amide bonds. The molecule has 0 unspecified atom stereocenters. The van der Waals surface area contributed by atoms with Crippen LogP contribution in [0.1, 0.15) is 39.5 Å².